The third kappa shape index (κ3) is 2.05. The number of rotatable bonds is 0. The standard InChI is InChI=1S/C7H10F2O/c8-7(9)4-2-1-3-6(10)5-7/h1-5H2. The molecule has 0 aromatic carbocycles. The molecule has 0 saturated heterocycles. The van der Waals surface area contributed by atoms with E-state index in [0.717, 1.165) is 0 Å². The maximum absolute atomic E-state index is 12.5. The van der Waals surface area contributed by atoms with Gasteiger partial charge in [0.25, 0.3) is 5.92 Å². The van der Waals surface area contributed by atoms with Crippen LogP contribution in [0.4, 0.5) is 8.78 Å². The van der Waals surface area contributed by atoms with Crippen LogP contribution < -0.4 is 0 Å². The molecule has 1 fully saturated rings. The minimum atomic E-state index is -2.71. The van der Waals surface area contributed by atoms with Gasteiger partial charge in [-0.15, -0.1) is 0 Å². The highest BCUT2D eigenvalue weighted by Gasteiger charge is 2.33. The maximum Gasteiger partial charge on any atom is 0.255 e. The Kier molecular flexibility index (Phi) is 2.02. The lowest BCUT2D eigenvalue weighted by Gasteiger charge is -2.10. The smallest absolute Gasteiger partial charge is 0.255 e. The Hall–Kier alpha value is -0.470. The van der Waals surface area contributed by atoms with Gasteiger partial charge in [0.15, 0.2) is 0 Å². The van der Waals surface area contributed by atoms with Crippen LogP contribution in [0.3, 0.4) is 0 Å². The van der Waals surface area contributed by atoms with Crippen LogP contribution in [0.2, 0.25) is 0 Å². The van der Waals surface area contributed by atoms with Crippen LogP contribution in [0, 0.1) is 0 Å². The van der Waals surface area contributed by atoms with Crippen LogP contribution in [0.25, 0.3) is 0 Å². The number of alkyl halides is 2. The quantitative estimate of drug-likeness (QED) is 0.481. The average molecular weight is 148 g/mol. The van der Waals surface area contributed by atoms with Crippen molar-refractivity contribution in [1.82, 2.24) is 0 Å². The van der Waals surface area contributed by atoms with Gasteiger partial charge in [0.2, 0.25) is 0 Å². The summed E-state index contributed by atoms with van der Waals surface area (Å²) in [5, 5.41) is 0. The largest absolute Gasteiger partial charge is 0.299 e. The molecule has 58 valence electrons. The molecule has 1 aliphatic rings. The number of hydrogen-bond donors (Lipinski definition) is 0. The van der Waals surface area contributed by atoms with E-state index in [1.54, 1.807) is 0 Å². The Labute approximate surface area is 58.4 Å². The van der Waals surface area contributed by atoms with Crippen molar-refractivity contribution in [3.63, 3.8) is 0 Å². The molecule has 0 bridgehead atoms. The van der Waals surface area contributed by atoms with Crippen molar-refractivity contribution in [1.29, 1.82) is 0 Å². The summed E-state index contributed by atoms with van der Waals surface area (Å²) in [5.41, 5.74) is 0. The first-order chi connectivity index (χ1) is 4.60. The van der Waals surface area contributed by atoms with Crippen molar-refractivity contribution in [2.24, 2.45) is 0 Å². The van der Waals surface area contributed by atoms with E-state index in [9.17, 15) is 13.6 Å². The van der Waals surface area contributed by atoms with Crippen LogP contribution in [0.1, 0.15) is 32.1 Å². The van der Waals surface area contributed by atoms with Gasteiger partial charge in [-0.1, -0.05) is 0 Å². The highest BCUT2D eigenvalue weighted by Crippen LogP contribution is 2.29. The Morgan fingerprint density at radius 3 is 2.70 bits per heavy atom. The number of Topliss-reactive ketones (excluding diaryl/α,β-unsaturated/α-hetero) is 1. The first-order valence-corrected chi connectivity index (χ1v) is 3.50. The predicted octanol–water partition coefficient (Wildman–Crippen LogP) is 2.15. The second-order valence-corrected chi connectivity index (χ2v) is 2.78. The lowest BCUT2D eigenvalue weighted by Crippen LogP contribution is -2.17. The molecule has 1 rings (SSSR count). The Bertz CT molecular complexity index is 143. The fourth-order valence-corrected chi connectivity index (χ4v) is 1.17. The molecule has 1 aliphatic carbocycles. The zero-order valence-electron chi connectivity index (χ0n) is 5.70. The summed E-state index contributed by atoms with van der Waals surface area (Å²) in [6, 6.07) is 0. The van der Waals surface area contributed by atoms with Crippen molar-refractivity contribution in [2.75, 3.05) is 0 Å². The minimum Gasteiger partial charge on any atom is -0.299 e. The normalized spacial score (nSPS) is 26.0. The molecule has 0 amide bonds. The van der Waals surface area contributed by atoms with E-state index >= 15 is 0 Å². The van der Waals surface area contributed by atoms with Gasteiger partial charge in [-0.2, -0.15) is 0 Å². The molecular formula is C7H10F2O. The van der Waals surface area contributed by atoms with E-state index in [1.807, 2.05) is 0 Å². The van der Waals surface area contributed by atoms with Gasteiger partial charge >= 0.3 is 0 Å². The van der Waals surface area contributed by atoms with E-state index in [-0.39, 0.29) is 12.2 Å². The fraction of sp³-hybridized carbons (Fsp3) is 0.857. The summed E-state index contributed by atoms with van der Waals surface area (Å²) < 4.78 is 25.0. The van der Waals surface area contributed by atoms with Crippen molar-refractivity contribution in [2.45, 2.75) is 38.0 Å². The van der Waals surface area contributed by atoms with Crippen LogP contribution in [0.15, 0.2) is 0 Å². The SMILES string of the molecule is O=C1CCCCC(F)(F)C1. The van der Waals surface area contributed by atoms with Crippen LogP contribution in [-0.4, -0.2) is 11.7 Å². The predicted molar refractivity (Wildman–Crippen MR) is 33.0 cm³/mol. The van der Waals surface area contributed by atoms with E-state index < -0.39 is 12.3 Å². The topological polar surface area (TPSA) is 17.1 Å². The van der Waals surface area contributed by atoms with Crippen molar-refractivity contribution >= 4 is 5.78 Å². The molecule has 0 heterocycles. The van der Waals surface area contributed by atoms with Crippen LogP contribution in [-0.2, 0) is 4.79 Å². The molecule has 0 radical (unpaired) electrons. The number of halogens is 2. The lowest BCUT2D eigenvalue weighted by molar-refractivity contribution is -0.125. The summed E-state index contributed by atoms with van der Waals surface area (Å²) >= 11 is 0. The summed E-state index contributed by atoms with van der Waals surface area (Å²) in [6.07, 6.45) is 0.814. The zero-order valence-corrected chi connectivity index (χ0v) is 5.70. The van der Waals surface area contributed by atoms with Gasteiger partial charge in [-0.05, 0) is 12.8 Å². The lowest BCUT2D eigenvalue weighted by atomic mass is 10.1. The molecule has 0 N–H and O–H groups in total. The molecule has 0 aliphatic heterocycles. The number of carbonyl (C=O) groups excluding carboxylic acids is 1. The second kappa shape index (κ2) is 2.64. The summed E-state index contributed by atoms with van der Waals surface area (Å²) in [4.78, 5) is 10.6. The molecule has 0 spiro atoms. The van der Waals surface area contributed by atoms with Gasteiger partial charge in [-0.3, -0.25) is 4.79 Å². The minimum absolute atomic E-state index is 0.112. The number of carbonyl (C=O) groups is 1. The Morgan fingerprint density at radius 1 is 1.30 bits per heavy atom. The molecule has 0 atom stereocenters. The first-order valence-electron chi connectivity index (χ1n) is 3.50. The summed E-state index contributed by atoms with van der Waals surface area (Å²) in [6.45, 7) is 0. The van der Waals surface area contributed by atoms with Gasteiger partial charge in [0, 0.05) is 12.8 Å². The highest BCUT2D eigenvalue weighted by atomic mass is 19.3. The molecule has 0 unspecified atom stereocenters. The Balaban J connectivity index is 2.54. The average Bonchev–Trinajstić information content (AvgIpc) is 1.90. The molecule has 1 saturated carbocycles. The molecule has 10 heavy (non-hydrogen) atoms. The Morgan fingerprint density at radius 2 is 2.00 bits per heavy atom. The monoisotopic (exact) mass is 148 g/mol. The van der Waals surface area contributed by atoms with E-state index in [1.165, 1.54) is 0 Å². The van der Waals surface area contributed by atoms with E-state index in [4.69, 9.17) is 0 Å². The molecule has 0 aromatic heterocycles. The highest BCUT2D eigenvalue weighted by molar-refractivity contribution is 5.79. The first kappa shape index (κ1) is 7.63. The molecule has 3 heteroatoms. The van der Waals surface area contributed by atoms with Crippen LogP contribution in [0.5, 0.6) is 0 Å². The van der Waals surface area contributed by atoms with Crippen molar-refractivity contribution in [3.8, 4) is 0 Å². The maximum atomic E-state index is 12.5. The molecule has 1 nitrogen and oxygen atoms in total. The molecule has 0 aromatic rings. The number of ketones is 1. The van der Waals surface area contributed by atoms with E-state index in [0.29, 0.717) is 19.3 Å². The molecular weight excluding hydrogens is 138 g/mol. The zero-order chi connectivity index (χ0) is 7.61. The summed E-state index contributed by atoms with van der Waals surface area (Å²) in [5.74, 6) is -3.00. The number of hydrogen-bond acceptors (Lipinski definition) is 1. The van der Waals surface area contributed by atoms with Gasteiger partial charge in [0.05, 0.1) is 6.42 Å². The third-order valence-electron chi connectivity index (χ3n) is 1.70. The van der Waals surface area contributed by atoms with E-state index in [2.05, 4.69) is 0 Å². The van der Waals surface area contributed by atoms with Gasteiger partial charge < -0.3 is 0 Å². The van der Waals surface area contributed by atoms with Gasteiger partial charge in [0.1, 0.15) is 5.78 Å². The third-order valence-corrected chi connectivity index (χ3v) is 1.70. The fourth-order valence-electron chi connectivity index (χ4n) is 1.17. The van der Waals surface area contributed by atoms with Gasteiger partial charge in [-0.25, -0.2) is 8.78 Å². The van der Waals surface area contributed by atoms with Crippen molar-refractivity contribution in [3.05, 3.63) is 0 Å². The second-order valence-electron chi connectivity index (χ2n) is 2.78. The van der Waals surface area contributed by atoms with Crippen molar-refractivity contribution < 1.29 is 13.6 Å². The van der Waals surface area contributed by atoms with Crippen LogP contribution >= 0.6 is 0 Å². The summed E-state index contributed by atoms with van der Waals surface area (Å²) in [7, 11) is 0.